The standard InChI is InChI=1S/C28H45N5/c1-31-18-23-20-33(21-24(23)19-31)28(30-27-12-8-7-11-26(27)29)17-22-13-15-32(16-14-22)25-9-5-3-2-4-6-10-25/h7-8,11-12,22-25H,2-6,9-10,13-21,29H2,1H3/b30-28+. The molecule has 0 amide bonds. The van der Waals surface area contributed by atoms with Crippen LogP contribution in [-0.4, -0.2) is 72.9 Å². The number of benzene rings is 1. The van der Waals surface area contributed by atoms with Gasteiger partial charge in [-0.25, -0.2) is 4.99 Å². The number of hydrogen-bond acceptors (Lipinski definition) is 4. The van der Waals surface area contributed by atoms with Crippen molar-refractivity contribution in [3.8, 4) is 0 Å². The van der Waals surface area contributed by atoms with Crippen molar-refractivity contribution in [3.05, 3.63) is 24.3 Å². The Morgan fingerprint density at radius 3 is 2.18 bits per heavy atom. The van der Waals surface area contributed by atoms with Crippen molar-refractivity contribution in [3.63, 3.8) is 0 Å². The first-order valence-electron chi connectivity index (χ1n) is 13.8. The van der Waals surface area contributed by atoms with Crippen molar-refractivity contribution in [2.45, 2.75) is 70.3 Å². The van der Waals surface area contributed by atoms with Gasteiger partial charge in [-0.2, -0.15) is 0 Å². The molecule has 2 unspecified atom stereocenters. The van der Waals surface area contributed by atoms with Crippen LogP contribution in [0.3, 0.4) is 0 Å². The van der Waals surface area contributed by atoms with Crippen molar-refractivity contribution in [2.24, 2.45) is 22.7 Å². The molecule has 0 bridgehead atoms. The zero-order valence-corrected chi connectivity index (χ0v) is 20.8. The van der Waals surface area contributed by atoms with Gasteiger partial charge in [-0.05, 0) is 75.7 Å². The van der Waals surface area contributed by atoms with Crippen molar-refractivity contribution >= 4 is 17.2 Å². The van der Waals surface area contributed by atoms with Crippen molar-refractivity contribution in [1.29, 1.82) is 0 Å². The van der Waals surface area contributed by atoms with Crippen LogP contribution in [0.15, 0.2) is 29.3 Å². The number of piperidine rings is 1. The van der Waals surface area contributed by atoms with E-state index < -0.39 is 0 Å². The Labute approximate surface area is 201 Å². The van der Waals surface area contributed by atoms with Gasteiger partial charge in [0.2, 0.25) is 0 Å². The Balaban J connectivity index is 1.24. The van der Waals surface area contributed by atoms with Crippen molar-refractivity contribution < 1.29 is 0 Å². The van der Waals surface area contributed by atoms with Crippen molar-refractivity contribution in [2.75, 3.05) is 52.0 Å². The number of amidine groups is 1. The summed E-state index contributed by atoms with van der Waals surface area (Å²) in [4.78, 5) is 13.2. The van der Waals surface area contributed by atoms with Crippen LogP contribution in [0, 0.1) is 17.8 Å². The molecule has 1 saturated carbocycles. The van der Waals surface area contributed by atoms with Crippen LogP contribution >= 0.6 is 0 Å². The summed E-state index contributed by atoms with van der Waals surface area (Å²) in [5.74, 6) is 3.65. The second-order valence-corrected chi connectivity index (χ2v) is 11.4. The smallest absolute Gasteiger partial charge is 0.105 e. The van der Waals surface area contributed by atoms with Crippen LogP contribution in [0.1, 0.15) is 64.2 Å². The fourth-order valence-electron chi connectivity index (χ4n) is 6.99. The van der Waals surface area contributed by atoms with Crippen LogP contribution in [-0.2, 0) is 0 Å². The third-order valence-corrected chi connectivity index (χ3v) is 8.93. The molecular weight excluding hydrogens is 406 g/mol. The highest BCUT2D eigenvalue weighted by Crippen LogP contribution is 2.34. The molecule has 5 rings (SSSR count). The highest BCUT2D eigenvalue weighted by Gasteiger charge is 2.40. The topological polar surface area (TPSA) is 48.1 Å². The Hall–Kier alpha value is -1.59. The molecule has 5 nitrogen and oxygen atoms in total. The number of anilines is 1. The normalized spacial score (nSPS) is 29.2. The monoisotopic (exact) mass is 451 g/mol. The summed E-state index contributed by atoms with van der Waals surface area (Å²) in [6, 6.07) is 8.98. The minimum absolute atomic E-state index is 0.751. The predicted molar refractivity (Wildman–Crippen MR) is 139 cm³/mol. The second kappa shape index (κ2) is 10.8. The van der Waals surface area contributed by atoms with Gasteiger partial charge in [-0.1, -0.05) is 44.2 Å². The number of nitrogen functional groups attached to an aromatic ring is 1. The van der Waals surface area contributed by atoms with Gasteiger partial charge in [0.25, 0.3) is 0 Å². The summed E-state index contributed by atoms with van der Waals surface area (Å²) in [6.45, 7) is 7.38. The molecule has 0 radical (unpaired) electrons. The molecule has 2 N–H and O–H groups in total. The molecule has 1 aromatic carbocycles. The van der Waals surface area contributed by atoms with E-state index in [-0.39, 0.29) is 0 Å². The van der Waals surface area contributed by atoms with Crippen LogP contribution in [0.2, 0.25) is 0 Å². The van der Waals surface area contributed by atoms with E-state index in [4.69, 9.17) is 10.7 Å². The Morgan fingerprint density at radius 2 is 1.52 bits per heavy atom. The molecule has 2 atom stereocenters. The molecular formula is C28H45N5. The van der Waals surface area contributed by atoms with E-state index in [2.05, 4.69) is 33.9 Å². The van der Waals surface area contributed by atoms with Crippen LogP contribution in [0.4, 0.5) is 11.4 Å². The lowest BCUT2D eigenvalue weighted by Gasteiger charge is -2.39. The van der Waals surface area contributed by atoms with E-state index in [1.165, 1.54) is 103 Å². The molecule has 1 aliphatic carbocycles. The maximum absolute atomic E-state index is 6.30. The summed E-state index contributed by atoms with van der Waals surface area (Å²) in [5, 5.41) is 0. The van der Waals surface area contributed by atoms with Gasteiger partial charge in [-0.3, -0.25) is 0 Å². The van der Waals surface area contributed by atoms with Gasteiger partial charge in [0, 0.05) is 38.6 Å². The highest BCUT2D eigenvalue weighted by molar-refractivity contribution is 5.87. The number of likely N-dealkylation sites (tertiary alicyclic amines) is 3. The van der Waals surface area contributed by atoms with E-state index in [0.717, 1.165) is 41.6 Å². The number of nitrogens with zero attached hydrogens (tertiary/aromatic N) is 4. The van der Waals surface area contributed by atoms with E-state index in [9.17, 15) is 0 Å². The molecule has 0 spiro atoms. The average molecular weight is 452 g/mol. The van der Waals surface area contributed by atoms with Gasteiger partial charge in [-0.15, -0.1) is 0 Å². The molecule has 4 aliphatic rings. The first-order chi connectivity index (χ1) is 16.2. The maximum atomic E-state index is 6.30. The van der Waals surface area contributed by atoms with Crippen molar-refractivity contribution in [1.82, 2.24) is 14.7 Å². The van der Waals surface area contributed by atoms with E-state index >= 15 is 0 Å². The molecule has 33 heavy (non-hydrogen) atoms. The predicted octanol–water partition coefficient (Wildman–Crippen LogP) is 5.01. The summed E-state index contributed by atoms with van der Waals surface area (Å²) in [6.07, 6.45) is 13.8. The summed E-state index contributed by atoms with van der Waals surface area (Å²) in [7, 11) is 2.27. The SMILES string of the molecule is CN1CC2CN(/C(CC3CCN(C4CCCCCCC4)CC3)=N/c3ccccc3N)CC2C1. The maximum Gasteiger partial charge on any atom is 0.105 e. The van der Waals surface area contributed by atoms with Gasteiger partial charge in [0.05, 0.1) is 11.4 Å². The number of rotatable bonds is 4. The van der Waals surface area contributed by atoms with Gasteiger partial charge < -0.3 is 20.4 Å². The molecule has 4 fully saturated rings. The number of nitrogens with two attached hydrogens (primary N) is 1. The third kappa shape index (κ3) is 5.74. The number of fused-ring (bicyclic) bond motifs is 1. The molecule has 5 heteroatoms. The lowest BCUT2D eigenvalue weighted by Crippen LogP contribution is -2.43. The van der Waals surface area contributed by atoms with Gasteiger partial charge in [0.1, 0.15) is 5.84 Å². The molecule has 3 aliphatic heterocycles. The zero-order valence-electron chi connectivity index (χ0n) is 20.8. The van der Waals surface area contributed by atoms with E-state index in [1.807, 2.05) is 12.1 Å². The highest BCUT2D eigenvalue weighted by atomic mass is 15.3. The molecule has 3 heterocycles. The van der Waals surface area contributed by atoms with Gasteiger partial charge >= 0.3 is 0 Å². The van der Waals surface area contributed by atoms with Gasteiger partial charge in [0.15, 0.2) is 0 Å². The van der Waals surface area contributed by atoms with E-state index in [1.54, 1.807) is 0 Å². The quantitative estimate of drug-likeness (QED) is 0.397. The summed E-state index contributed by atoms with van der Waals surface area (Å²) in [5.41, 5.74) is 8.05. The number of hydrogen-bond donors (Lipinski definition) is 1. The fourth-order valence-corrected chi connectivity index (χ4v) is 6.99. The average Bonchev–Trinajstić information content (AvgIpc) is 3.33. The zero-order chi connectivity index (χ0) is 22.6. The molecule has 3 saturated heterocycles. The largest absolute Gasteiger partial charge is 0.397 e. The molecule has 0 aromatic heterocycles. The Bertz CT molecular complexity index is 777. The number of para-hydroxylation sites is 2. The van der Waals surface area contributed by atoms with E-state index in [0.29, 0.717) is 0 Å². The minimum atomic E-state index is 0.751. The first-order valence-corrected chi connectivity index (χ1v) is 13.8. The van der Waals surface area contributed by atoms with Crippen LogP contribution in [0.25, 0.3) is 0 Å². The Morgan fingerprint density at radius 1 is 0.879 bits per heavy atom. The molecule has 1 aromatic rings. The Kier molecular flexibility index (Phi) is 7.56. The first kappa shape index (κ1) is 23.2. The van der Waals surface area contributed by atoms with Crippen LogP contribution in [0.5, 0.6) is 0 Å². The van der Waals surface area contributed by atoms with Crippen LogP contribution < -0.4 is 5.73 Å². The lowest BCUT2D eigenvalue weighted by molar-refractivity contribution is 0.114. The minimum Gasteiger partial charge on any atom is -0.397 e. The second-order valence-electron chi connectivity index (χ2n) is 11.4. The fraction of sp³-hybridized carbons (Fsp3) is 0.750. The lowest BCUT2D eigenvalue weighted by atomic mass is 9.89. The summed E-state index contributed by atoms with van der Waals surface area (Å²) < 4.78 is 0. The molecule has 182 valence electrons. The summed E-state index contributed by atoms with van der Waals surface area (Å²) >= 11 is 0. The third-order valence-electron chi connectivity index (χ3n) is 8.93. The number of aliphatic imine (C=N–C) groups is 1.